The molecule has 2 aromatic rings. The molecule has 0 fully saturated rings. The van der Waals surface area contributed by atoms with E-state index in [0.29, 0.717) is 19.8 Å². The summed E-state index contributed by atoms with van der Waals surface area (Å²) in [5, 5.41) is 0. The quantitative estimate of drug-likeness (QED) is 0.841. The van der Waals surface area contributed by atoms with Gasteiger partial charge < -0.3 is 15.2 Å². The van der Waals surface area contributed by atoms with Crippen molar-refractivity contribution in [3.63, 3.8) is 0 Å². The minimum Gasteiger partial charge on any atom is -0.490 e. The van der Waals surface area contributed by atoms with Crippen molar-refractivity contribution in [1.82, 2.24) is 4.98 Å². The zero-order valence-electron chi connectivity index (χ0n) is 11.7. The molecule has 1 heterocycles. The summed E-state index contributed by atoms with van der Waals surface area (Å²) in [5.41, 5.74) is 7.76. The first-order valence-electron chi connectivity index (χ1n) is 6.81. The van der Waals surface area contributed by atoms with Crippen LogP contribution in [-0.4, -0.2) is 18.1 Å². The topological polar surface area (TPSA) is 57.4 Å². The van der Waals surface area contributed by atoms with Crippen LogP contribution in [0.3, 0.4) is 0 Å². The van der Waals surface area contributed by atoms with Crippen molar-refractivity contribution in [2.75, 3.05) is 13.2 Å². The Hall–Kier alpha value is -2.07. The SMILES string of the molecule is CCOc1cc(CCN)ccc1OCc1cccnc1. The second-order valence-electron chi connectivity index (χ2n) is 4.40. The molecule has 0 atom stereocenters. The summed E-state index contributed by atoms with van der Waals surface area (Å²) in [6.45, 7) is 3.67. The monoisotopic (exact) mass is 272 g/mol. The van der Waals surface area contributed by atoms with Gasteiger partial charge in [-0.15, -0.1) is 0 Å². The Kier molecular flexibility index (Phi) is 5.38. The van der Waals surface area contributed by atoms with Crippen LogP contribution in [0.2, 0.25) is 0 Å². The molecule has 0 amide bonds. The number of hydrogen-bond donors (Lipinski definition) is 1. The average Bonchev–Trinajstić information content (AvgIpc) is 2.48. The van der Waals surface area contributed by atoms with E-state index in [-0.39, 0.29) is 0 Å². The maximum absolute atomic E-state index is 5.81. The van der Waals surface area contributed by atoms with Crippen LogP contribution in [0.1, 0.15) is 18.1 Å². The fourth-order valence-corrected chi connectivity index (χ4v) is 1.91. The van der Waals surface area contributed by atoms with Gasteiger partial charge in [0.15, 0.2) is 11.5 Å². The Morgan fingerprint density at radius 3 is 2.70 bits per heavy atom. The van der Waals surface area contributed by atoms with E-state index in [4.69, 9.17) is 15.2 Å². The standard InChI is InChI=1S/C16H20N2O2/c1-2-19-16-10-13(7-8-17)5-6-15(16)20-12-14-4-3-9-18-11-14/h3-6,9-11H,2,7-8,12,17H2,1H3. The first-order valence-corrected chi connectivity index (χ1v) is 6.81. The molecule has 2 rings (SSSR count). The number of nitrogens with zero attached hydrogens (tertiary/aromatic N) is 1. The highest BCUT2D eigenvalue weighted by atomic mass is 16.5. The number of pyridine rings is 1. The molecule has 106 valence electrons. The molecule has 2 N–H and O–H groups in total. The minimum absolute atomic E-state index is 0.476. The van der Waals surface area contributed by atoms with Crippen molar-refractivity contribution in [2.24, 2.45) is 5.73 Å². The summed E-state index contributed by atoms with van der Waals surface area (Å²) in [4.78, 5) is 4.07. The smallest absolute Gasteiger partial charge is 0.161 e. The van der Waals surface area contributed by atoms with Crippen molar-refractivity contribution in [3.05, 3.63) is 53.9 Å². The highest BCUT2D eigenvalue weighted by Crippen LogP contribution is 2.29. The van der Waals surface area contributed by atoms with Crippen molar-refractivity contribution < 1.29 is 9.47 Å². The van der Waals surface area contributed by atoms with Gasteiger partial charge in [-0.3, -0.25) is 4.98 Å². The highest BCUT2D eigenvalue weighted by molar-refractivity contribution is 5.43. The van der Waals surface area contributed by atoms with E-state index in [9.17, 15) is 0 Å². The van der Waals surface area contributed by atoms with Crippen LogP contribution in [0.4, 0.5) is 0 Å². The first-order chi connectivity index (χ1) is 9.83. The molecular formula is C16H20N2O2. The van der Waals surface area contributed by atoms with E-state index in [1.54, 1.807) is 12.4 Å². The lowest BCUT2D eigenvalue weighted by Gasteiger charge is -2.13. The van der Waals surface area contributed by atoms with Crippen LogP contribution in [0.5, 0.6) is 11.5 Å². The Labute approximate surface area is 119 Å². The minimum atomic E-state index is 0.476. The van der Waals surface area contributed by atoms with Crippen molar-refractivity contribution in [1.29, 1.82) is 0 Å². The molecule has 0 saturated heterocycles. The fraction of sp³-hybridized carbons (Fsp3) is 0.312. The fourth-order valence-electron chi connectivity index (χ4n) is 1.91. The second kappa shape index (κ2) is 7.50. The van der Waals surface area contributed by atoms with E-state index in [1.807, 2.05) is 37.3 Å². The lowest BCUT2D eigenvalue weighted by atomic mass is 10.1. The van der Waals surface area contributed by atoms with E-state index in [2.05, 4.69) is 4.98 Å². The molecule has 0 spiro atoms. The normalized spacial score (nSPS) is 10.3. The number of aromatic nitrogens is 1. The van der Waals surface area contributed by atoms with Crippen LogP contribution >= 0.6 is 0 Å². The number of rotatable bonds is 7. The van der Waals surface area contributed by atoms with Gasteiger partial charge in [0.2, 0.25) is 0 Å². The van der Waals surface area contributed by atoms with Crippen molar-refractivity contribution in [2.45, 2.75) is 20.0 Å². The Morgan fingerprint density at radius 2 is 2.00 bits per heavy atom. The molecule has 0 aliphatic rings. The predicted octanol–water partition coefficient (Wildman–Crippen LogP) is 2.56. The Balaban J connectivity index is 2.09. The largest absolute Gasteiger partial charge is 0.490 e. The number of ether oxygens (including phenoxy) is 2. The number of hydrogen-bond acceptors (Lipinski definition) is 4. The van der Waals surface area contributed by atoms with Crippen LogP contribution in [0.15, 0.2) is 42.7 Å². The predicted molar refractivity (Wildman–Crippen MR) is 78.9 cm³/mol. The molecule has 20 heavy (non-hydrogen) atoms. The van der Waals surface area contributed by atoms with Gasteiger partial charge in [-0.05, 0) is 43.7 Å². The van der Waals surface area contributed by atoms with E-state index in [0.717, 1.165) is 29.0 Å². The zero-order chi connectivity index (χ0) is 14.2. The highest BCUT2D eigenvalue weighted by Gasteiger charge is 2.06. The van der Waals surface area contributed by atoms with Gasteiger partial charge in [0, 0.05) is 18.0 Å². The molecule has 0 aliphatic carbocycles. The van der Waals surface area contributed by atoms with Gasteiger partial charge in [0.1, 0.15) is 6.61 Å². The summed E-state index contributed by atoms with van der Waals surface area (Å²) in [6.07, 6.45) is 4.38. The maximum Gasteiger partial charge on any atom is 0.161 e. The summed E-state index contributed by atoms with van der Waals surface area (Å²) in [7, 11) is 0. The third-order valence-electron chi connectivity index (χ3n) is 2.86. The summed E-state index contributed by atoms with van der Waals surface area (Å²) in [5.74, 6) is 1.51. The molecule has 0 bridgehead atoms. The molecule has 4 heteroatoms. The van der Waals surface area contributed by atoms with Crippen LogP contribution < -0.4 is 15.2 Å². The van der Waals surface area contributed by atoms with Gasteiger partial charge in [-0.2, -0.15) is 0 Å². The third-order valence-corrected chi connectivity index (χ3v) is 2.86. The summed E-state index contributed by atoms with van der Waals surface area (Å²) < 4.78 is 11.4. The lowest BCUT2D eigenvalue weighted by molar-refractivity contribution is 0.269. The van der Waals surface area contributed by atoms with Gasteiger partial charge in [0.25, 0.3) is 0 Å². The van der Waals surface area contributed by atoms with Crippen LogP contribution in [0.25, 0.3) is 0 Å². The van der Waals surface area contributed by atoms with Crippen LogP contribution in [0, 0.1) is 0 Å². The van der Waals surface area contributed by atoms with Gasteiger partial charge in [-0.25, -0.2) is 0 Å². The number of nitrogens with two attached hydrogens (primary N) is 1. The Morgan fingerprint density at radius 1 is 1.10 bits per heavy atom. The molecule has 0 saturated carbocycles. The molecular weight excluding hydrogens is 252 g/mol. The summed E-state index contributed by atoms with van der Waals surface area (Å²) in [6, 6.07) is 9.83. The van der Waals surface area contributed by atoms with Gasteiger partial charge in [0.05, 0.1) is 6.61 Å². The van der Waals surface area contributed by atoms with E-state index in [1.165, 1.54) is 0 Å². The molecule has 4 nitrogen and oxygen atoms in total. The van der Waals surface area contributed by atoms with E-state index >= 15 is 0 Å². The lowest BCUT2D eigenvalue weighted by Crippen LogP contribution is -2.04. The van der Waals surface area contributed by atoms with Crippen LogP contribution in [-0.2, 0) is 13.0 Å². The Bertz CT molecular complexity index is 529. The zero-order valence-corrected chi connectivity index (χ0v) is 11.7. The maximum atomic E-state index is 5.81. The van der Waals surface area contributed by atoms with Crippen molar-refractivity contribution in [3.8, 4) is 11.5 Å². The third kappa shape index (κ3) is 3.96. The average molecular weight is 272 g/mol. The second-order valence-corrected chi connectivity index (χ2v) is 4.40. The summed E-state index contributed by atoms with van der Waals surface area (Å²) >= 11 is 0. The molecule has 1 aromatic heterocycles. The van der Waals surface area contributed by atoms with Crippen molar-refractivity contribution >= 4 is 0 Å². The van der Waals surface area contributed by atoms with Gasteiger partial charge in [-0.1, -0.05) is 12.1 Å². The molecule has 0 aliphatic heterocycles. The molecule has 1 aromatic carbocycles. The first kappa shape index (κ1) is 14.3. The molecule has 0 unspecified atom stereocenters. The van der Waals surface area contributed by atoms with Gasteiger partial charge >= 0.3 is 0 Å². The number of benzene rings is 1. The van der Waals surface area contributed by atoms with E-state index < -0.39 is 0 Å². The molecule has 0 radical (unpaired) electrons.